The number of fused-ring (bicyclic) bond motifs is 1. The van der Waals surface area contributed by atoms with Gasteiger partial charge in [-0.25, -0.2) is 4.98 Å². The van der Waals surface area contributed by atoms with Crippen LogP contribution >= 0.6 is 11.3 Å². The van der Waals surface area contributed by atoms with Gasteiger partial charge in [0.15, 0.2) is 0 Å². The van der Waals surface area contributed by atoms with Crippen LogP contribution in [0.4, 0.5) is 0 Å². The molecule has 1 aromatic heterocycles. The summed E-state index contributed by atoms with van der Waals surface area (Å²) >= 11 is 1.45. The number of aromatic nitrogens is 1. The van der Waals surface area contributed by atoms with Crippen molar-refractivity contribution in [1.82, 2.24) is 9.88 Å². The molecule has 0 aromatic carbocycles. The summed E-state index contributed by atoms with van der Waals surface area (Å²) in [6.07, 6.45) is 3.86. The van der Waals surface area contributed by atoms with Crippen molar-refractivity contribution in [3.05, 3.63) is 29.2 Å². The summed E-state index contributed by atoms with van der Waals surface area (Å²) in [5.74, 6) is 0.392. The lowest BCUT2D eigenvalue weighted by atomic mass is 10.0. The van der Waals surface area contributed by atoms with Crippen molar-refractivity contribution in [1.29, 1.82) is 0 Å². The number of ether oxygens (including phenoxy) is 2. The molecule has 3 atom stereocenters. The summed E-state index contributed by atoms with van der Waals surface area (Å²) in [4.78, 5) is 18.6. The molecule has 2 fully saturated rings. The van der Waals surface area contributed by atoms with Crippen LogP contribution in [-0.2, 0) is 9.47 Å². The molecule has 1 aromatic rings. The van der Waals surface area contributed by atoms with Crippen LogP contribution in [0.15, 0.2) is 23.5 Å². The maximum Gasteiger partial charge on any atom is 0.273 e. The predicted octanol–water partition coefficient (Wildman–Crippen LogP) is 1.97. The summed E-state index contributed by atoms with van der Waals surface area (Å²) in [7, 11) is 0. The number of amides is 1. The molecule has 1 amide bonds. The highest BCUT2D eigenvalue weighted by molar-refractivity contribution is 7.07. The number of carbonyl (C=O) groups is 1. The van der Waals surface area contributed by atoms with Crippen LogP contribution < -0.4 is 0 Å². The maximum absolute atomic E-state index is 12.5. The van der Waals surface area contributed by atoms with Crippen LogP contribution in [0.1, 0.15) is 23.3 Å². The molecule has 0 bridgehead atoms. The number of thiazole rings is 1. The van der Waals surface area contributed by atoms with Gasteiger partial charge in [0.05, 0.1) is 37.5 Å². The van der Waals surface area contributed by atoms with E-state index in [1.54, 1.807) is 11.6 Å². The average Bonchev–Trinajstić information content (AvgIpc) is 3.16. The Balaban J connectivity index is 1.66. The second-order valence-corrected chi connectivity index (χ2v) is 6.16. The molecule has 3 rings (SSSR count). The van der Waals surface area contributed by atoms with E-state index in [2.05, 4.69) is 11.6 Å². The van der Waals surface area contributed by atoms with E-state index in [4.69, 9.17) is 9.47 Å². The molecule has 1 aliphatic heterocycles. The van der Waals surface area contributed by atoms with Gasteiger partial charge in [-0.3, -0.25) is 4.79 Å². The number of nitrogens with zero attached hydrogens (tertiary/aromatic N) is 2. The SMILES string of the molecule is C=CCOCC1CC[C@@H]2[C@@H]1OCCN2C(=O)c1cscn1. The second kappa shape index (κ2) is 6.68. The lowest BCUT2D eigenvalue weighted by Crippen LogP contribution is -2.53. The first kappa shape index (κ1) is 14.7. The van der Waals surface area contributed by atoms with Gasteiger partial charge in [-0.1, -0.05) is 6.08 Å². The molecular weight excluding hydrogens is 288 g/mol. The normalized spacial score (nSPS) is 28.4. The minimum Gasteiger partial charge on any atom is -0.377 e. The van der Waals surface area contributed by atoms with Gasteiger partial charge in [0.1, 0.15) is 5.69 Å². The minimum atomic E-state index is 0.0298. The standard InChI is InChI=1S/C15H20N2O3S/c1-2-6-19-8-11-3-4-13-14(11)20-7-5-17(13)15(18)12-9-21-10-16-12/h2,9-11,13-14H,1,3-8H2/t11?,13-,14-/m1/s1. The van der Waals surface area contributed by atoms with Gasteiger partial charge >= 0.3 is 0 Å². The predicted molar refractivity (Wildman–Crippen MR) is 80.4 cm³/mol. The fraction of sp³-hybridized carbons (Fsp3) is 0.600. The van der Waals surface area contributed by atoms with Crippen molar-refractivity contribution in [2.45, 2.75) is 25.0 Å². The minimum absolute atomic E-state index is 0.0298. The van der Waals surface area contributed by atoms with Gasteiger partial charge in [0.2, 0.25) is 0 Å². The zero-order valence-corrected chi connectivity index (χ0v) is 12.8. The highest BCUT2D eigenvalue weighted by Crippen LogP contribution is 2.35. The van der Waals surface area contributed by atoms with E-state index in [9.17, 15) is 4.79 Å². The molecule has 0 spiro atoms. The number of hydrogen-bond donors (Lipinski definition) is 0. The number of hydrogen-bond acceptors (Lipinski definition) is 5. The molecule has 1 aliphatic carbocycles. The molecule has 5 nitrogen and oxygen atoms in total. The van der Waals surface area contributed by atoms with Crippen LogP contribution in [-0.4, -0.2) is 54.3 Å². The van der Waals surface area contributed by atoms with Crippen molar-refractivity contribution in [3.8, 4) is 0 Å². The third-order valence-electron chi connectivity index (χ3n) is 4.20. The Bertz CT molecular complexity index is 491. The Hall–Kier alpha value is -1.24. The summed E-state index contributed by atoms with van der Waals surface area (Å²) in [5.41, 5.74) is 2.25. The number of morpholine rings is 1. The van der Waals surface area contributed by atoms with Gasteiger partial charge in [-0.05, 0) is 12.8 Å². The molecule has 2 heterocycles. The van der Waals surface area contributed by atoms with Crippen molar-refractivity contribution in [2.75, 3.05) is 26.4 Å². The van der Waals surface area contributed by atoms with Gasteiger partial charge < -0.3 is 14.4 Å². The largest absolute Gasteiger partial charge is 0.377 e. The highest BCUT2D eigenvalue weighted by Gasteiger charge is 2.44. The van der Waals surface area contributed by atoms with E-state index in [0.717, 1.165) is 12.8 Å². The molecule has 6 heteroatoms. The van der Waals surface area contributed by atoms with Gasteiger partial charge in [0, 0.05) is 17.8 Å². The van der Waals surface area contributed by atoms with E-state index in [1.165, 1.54) is 11.3 Å². The Morgan fingerprint density at radius 1 is 1.62 bits per heavy atom. The highest BCUT2D eigenvalue weighted by atomic mass is 32.1. The van der Waals surface area contributed by atoms with E-state index in [-0.39, 0.29) is 18.1 Å². The molecule has 0 radical (unpaired) electrons. The summed E-state index contributed by atoms with van der Waals surface area (Å²) in [6.45, 7) is 6.14. The lowest BCUT2D eigenvalue weighted by molar-refractivity contribution is -0.0739. The first-order chi connectivity index (χ1) is 10.3. The van der Waals surface area contributed by atoms with Gasteiger partial charge in [0.25, 0.3) is 5.91 Å². The smallest absolute Gasteiger partial charge is 0.273 e. The van der Waals surface area contributed by atoms with Crippen LogP contribution in [0.5, 0.6) is 0 Å². The summed E-state index contributed by atoms with van der Waals surface area (Å²) < 4.78 is 11.5. The van der Waals surface area contributed by atoms with E-state index >= 15 is 0 Å². The van der Waals surface area contributed by atoms with E-state index in [1.807, 2.05) is 10.3 Å². The molecule has 1 unspecified atom stereocenters. The third kappa shape index (κ3) is 3.02. The van der Waals surface area contributed by atoms with Crippen LogP contribution in [0.3, 0.4) is 0 Å². The molecule has 1 saturated carbocycles. The van der Waals surface area contributed by atoms with Crippen LogP contribution in [0.2, 0.25) is 0 Å². The zero-order valence-electron chi connectivity index (χ0n) is 11.9. The maximum atomic E-state index is 12.5. The molecule has 21 heavy (non-hydrogen) atoms. The molecule has 114 valence electrons. The van der Waals surface area contributed by atoms with Gasteiger partial charge in [-0.2, -0.15) is 0 Å². The van der Waals surface area contributed by atoms with Crippen molar-refractivity contribution in [2.24, 2.45) is 5.92 Å². The fourth-order valence-electron chi connectivity index (χ4n) is 3.26. The first-order valence-corrected chi connectivity index (χ1v) is 8.25. The third-order valence-corrected chi connectivity index (χ3v) is 4.79. The van der Waals surface area contributed by atoms with Crippen LogP contribution in [0.25, 0.3) is 0 Å². The van der Waals surface area contributed by atoms with Crippen molar-refractivity contribution >= 4 is 17.2 Å². The van der Waals surface area contributed by atoms with E-state index < -0.39 is 0 Å². The summed E-state index contributed by atoms with van der Waals surface area (Å²) in [6, 6.07) is 0.158. The monoisotopic (exact) mass is 308 g/mol. The second-order valence-electron chi connectivity index (χ2n) is 5.44. The first-order valence-electron chi connectivity index (χ1n) is 7.30. The Labute approximate surface area is 128 Å². The quantitative estimate of drug-likeness (QED) is 0.616. The molecule has 1 saturated heterocycles. The topological polar surface area (TPSA) is 51.7 Å². The van der Waals surface area contributed by atoms with Gasteiger partial charge in [-0.15, -0.1) is 17.9 Å². The Morgan fingerprint density at radius 3 is 3.29 bits per heavy atom. The Morgan fingerprint density at radius 2 is 2.52 bits per heavy atom. The number of carbonyl (C=O) groups excluding carboxylic acids is 1. The summed E-state index contributed by atoms with van der Waals surface area (Å²) in [5, 5.41) is 1.81. The van der Waals surface area contributed by atoms with Crippen molar-refractivity contribution in [3.63, 3.8) is 0 Å². The van der Waals surface area contributed by atoms with E-state index in [0.29, 0.717) is 38.0 Å². The number of rotatable bonds is 5. The lowest BCUT2D eigenvalue weighted by Gasteiger charge is -2.39. The molecule has 0 N–H and O–H groups in total. The Kier molecular flexibility index (Phi) is 4.67. The molecule has 2 aliphatic rings. The zero-order chi connectivity index (χ0) is 14.7. The fourth-order valence-corrected chi connectivity index (χ4v) is 3.79. The van der Waals surface area contributed by atoms with Crippen LogP contribution in [0, 0.1) is 5.92 Å². The average molecular weight is 308 g/mol. The molecular formula is C15H20N2O3S. The van der Waals surface area contributed by atoms with Crippen molar-refractivity contribution < 1.29 is 14.3 Å².